The summed E-state index contributed by atoms with van der Waals surface area (Å²) >= 11 is 0. The minimum atomic E-state index is 0.801. The van der Waals surface area contributed by atoms with Gasteiger partial charge in [-0.2, -0.15) is 0 Å². The number of quaternary nitrogens is 3. The number of hydrogen-bond donors (Lipinski definition) is 3. The van der Waals surface area contributed by atoms with Gasteiger partial charge in [-0.3, -0.25) is 0 Å². The van der Waals surface area contributed by atoms with E-state index >= 15 is 0 Å². The zero-order chi connectivity index (χ0) is 17.9. The summed E-state index contributed by atoms with van der Waals surface area (Å²) in [5, 5.41) is 0. The molecule has 0 heterocycles. The predicted octanol–water partition coefficient (Wildman–Crippen LogP) is -1.84. The van der Waals surface area contributed by atoms with Crippen LogP contribution in [-0.2, 0) is 6.54 Å². The number of ether oxygens (including phenoxy) is 2. The first kappa shape index (κ1) is 20.7. The van der Waals surface area contributed by atoms with Crippen LogP contribution in [0, 0.1) is 0 Å². The first-order chi connectivity index (χ1) is 11.5. The second-order valence-electron chi connectivity index (χ2n) is 7.24. The molecule has 0 aliphatic rings. The van der Waals surface area contributed by atoms with E-state index in [1.54, 1.807) is 19.1 Å². The van der Waals surface area contributed by atoms with Gasteiger partial charge in [-0.25, -0.2) is 0 Å². The fraction of sp³-hybridized carbons (Fsp3) is 0.684. The first-order valence-corrected chi connectivity index (χ1v) is 9.08. The summed E-state index contributed by atoms with van der Waals surface area (Å²) in [6, 6.07) is 6.29. The Morgan fingerprint density at radius 2 is 1.29 bits per heavy atom. The molecule has 0 saturated heterocycles. The normalized spacial score (nSPS) is 11.5. The second-order valence-corrected chi connectivity index (χ2v) is 7.24. The highest BCUT2D eigenvalue weighted by Crippen LogP contribution is 2.27. The largest absolute Gasteiger partial charge is 0.493 e. The van der Waals surface area contributed by atoms with E-state index in [0.717, 1.165) is 18.0 Å². The predicted molar refractivity (Wildman–Crippen MR) is 98.5 cm³/mol. The summed E-state index contributed by atoms with van der Waals surface area (Å²) in [5.41, 5.74) is 1.32. The molecule has 0 saturated carbocycles. The molecule has 0 spiro atoms. The molecule has 0 aliphatic heterocycles. The molecule has 5 heteroatoms. The zero-order valence-electron chi connectivity index (χ0n) is 16.5. The Kier molecular flexibility index (Phi) is 9.76. The third kappa shape index (κ3) is 7.99. The molecule has 0 fully saturated rings. The second kappa shape index (κ2) is 11.3. The minimum Gasteiger partial charge on any atom is -0.493 e. The van der Waals surface area contributed by atoms with Gasteiger partial charge in [0.2, 0.25) is 0 Å². The van der Waals surface area contributed by atoms with E-state index in [-0.39, 0.29) is 0 Å². The average Bonchev–Trinajstić information content (AvgIpc) is 2.53. The van der Waals surface area contributed by atoms with E-state index in [2.05, 4.69) is 40.3 Å². The molecule has 1 rings (SSSR count). The van der Waals surface area contributed by atoms with Crippen molar-refractivity contribution in [1.29, 1.82) is 0 Å². The fourth-order valence-electron chi connectivity index (χ4n) is 2.96. The van der Waals surface area contributed by atoms with Crippen LogP contribution in [0.2, 0.25) is 0 Å². The number of rotatable bonds is 12. The van der Waals surface area contributed by atoms with Crippen LogP contribution in [0.3, 0.4) is 0 Å². The molecular weight excluding hydrogens is 302 g/mol. The summed E-state index contributed by atoms with van der Waals surface area (Å²) in [5.74, 6) is 1.63. The van der Waals surface area contributed by atoms with Crippen molar-refractivity contribution in [2.45, 2.75) is 19.4 Å². The molecule has 3 N–H and O–H groups in total. The molecule has 24 heavy (non-hydrogen) atoms. The van der Waals surface area contributed by atoms with Crippen LogP contribution in [0.5, 0.6) is 11.5 Å². The van der Waals surface area contributed by atoms with E-state index in [4.69, 9.17) is 9.47 Å². The van der Waals surface area contributed by atoms with Crippen LogP contribution in [0.1, 0.15) is 18.4 Å². The van der Waals surface area contributed by atoms with Crippen LogP contribution in [0.25, 0.3) is 0 Å². The molecule has 0 radical (unpaired) electrons. The van der Waals surface area contributed by atoms with E-state index in [9.17, 15) is 0 Å². The van der Waals surface area contributed by atoms with Gasteiger partial charge in [0.1, 0.15) is 6.54 Å². The molecule has 0 amide bonds. The van der Waals surface area contributed by atoms with Gasteiger partial charge in [-0.15, -0.1) is 0 Å². The smallest absolute Gasteiger partial charge is 0.161 e. The van der Waals surface area contributed by atoms with Gasteiger partial charge in [0.15, 0.2) is 11.5 Å². The van der Waals surface area contributed by atoms with Gasteiger partial charge in [-0.05, 0) is 18.2 Å². The van der Waals surface area contributed by atoms with Crippen molar-refractivity contribution in [2.24, 2.45) is 0 Å². The molecule has 5 nitrogen and oxygen atoms in total. The van der Waals surface area contributed by atoms with Crippen LogP contribution in [0.4, 0.5) is 0 Å². The SMILES string of the molecule is COc1ccc(C[NH+](CCC[NH+](C)C)CCC[NH+](C)C)cc1OC. The molecule has 0 aromatic heterocycles. The third-order valence-corrected chi connectivity index (χ3v) is 4.32. The lowest BCUT2D eigenvalue weighted by molar-refractivity contribution is -0.925. The van der Waals surface area contributed by atoms with Crippen molar-refractivity contribution in [2.75, 3.05) is 68.6 Å². The topological polar surface area (TPSA) is 31.8 Å². The number of benzene rings is 1. The Morgan fingerprint density at radius 1 is 0.750 bits per heavy atom. The van der Waals surface area contributed by atoms with E-state index in [1.165, 1.54) is 54.4 Å². The molecule has 1 aromatic rings. The highest BCUT2D eigenvalue weighted by atomic mass is 16.5. The van der Waals surface area contributed by atoms with Crippen LogP contribution in [-0.4, -0.2) is 68.6 Å². The monoisotopic (exact) mass is 340 g/mol. The van der Waals surface area contributed by atoms with Gasteiger partial charge in [0, 0.05) is 18.4 Å². The summed E-state index contributed by atoms with van der Waals surface area (Å²) in [6.45, 7) is 5.96. The maximum atomic E-state index is 5.44. The number of nitrogens with one attached hydrogen (secondary N) is 3. The Labute approximate surface area is 148 Å². The molecule has 0 unspecified atom stereocenters. The standard InChI is InChI=1S/C19H35N3O2/c1-20(2)11-7-13-22(14-8-12-21(3)4)16-17-9-10-18(23-5)19(15-17)24-6/h9-10,15H,7-8,11-14,16H2,1-6H3/p+3. The highest BCUT2D eigenvalue weighted by Gasteiger charge is 2.13. The van der Waals surface area contributed by atoms with Crippen LogP contribution < -0.4 is 24.2 Å². The first-order valence-electron chi connectivity index (χ1n) is 9.08. The van der Waals surface area contributed by atoms with Crippen molar-refractivity contribution in [3.05, 3.63) is 23.8 Å². The van der Waals surface area contributed by atoms with E-state index in [1.807, 2.05) is 6.07 Å². The van der Waals surface area contributed by atoms with Crippen LogP contribution in [0.15, 0.2) is 18.2 Å². The summed E-state index contributed by atoms with van der Waals surface area (Å²) in [6.07, 6.45) is 2.53. The molecule has 0 atom stereocenters. The summed E-state index contributed by atoms with van der Waals surface area (Å²) < 4.78 is 10.8. The summed E-state index contributed by atoms with van der Waals surface area (Å²) in [7, 11) is 12.3. The average molecular weight is 341 g/mol. The maximum absolute atomic E-state index is 5.44. The van der Waals surface area contributed by atoms with Gasteiger partial charge >= 0.3 is 0 Å². The van der Waals surface area contributed by atoms with Gasteiger partial charge < -0.3 is 24.2 Å². The Hall–Kier alpha value is -1.30. The molecular formula is C19H38N3O2+3. The van der Waals surface area contributed by atoms with Gasteiger partial charge in [0.05, 0.1) is 68.6 Å². The number of hydrogen-bond acceptors (Lipinski definition) is 2. The lowest BCUT2D eigenvalue weighted by atomic mass is 10.1. The number of methoxy groups -OCH3 is 2. The Balaban J connectivity index is 2.67. The lowest BCUT2D eigenvalue weighted by Gasteiger charge is -2.21. The van der Waals surface area contributed by atoms with Gasteiger partial charge in [0.25, 0.3) is 0 Å². The Bertz CT molecular complexity index is 450. The minimum absolute atomic E-state index is 0.801. The van der Waals surface area contributed by atoms with E-state index in [0.29, 0.717) is 0 Å². The molecule has 0 aliphatic carbocycles. The van der Waals surface area contributed by atoms with Crippen molar-refractivity contribution in [1.82, 2.24) is 0 Å². The third-order valence-electron chi connectivity index (χ3n) is 4.32. The van der Waals surface area contributed by atoms with Crippen molar-refractivity contribution < 1.29 is 24.2 Å². The fourth-order valence-corrected chi connectivity index (χ4v) is 2.96. The maximum Gasteiger partial charge on any atom is 0.161 e. The molecule has 138 valence electrons. The van der Waals surface area contributed by atoms with Crippen molar-refractivity contribution >= 4 is 0 Å². The Morgan fingerprint density at radius 3 is 1.75 bits per heavy atom. The lowest BCUT2D eigenvalue weighted by Crippen LogP contribution is -3.13. The van der Waals surface area contributed by atoms with Crippen LogP contribution >= 0.6 is 0 Å². The molecule has 1 aromatic carbocycles. The van der Waals surface area contributed by atoms with Gasteiger partial charge in [-0.1, -0.05) is 0 Å². The zero-order valence-corrected chi connectivity index (χ0v) is 16.5. The van der Waals surface area contributed by atoms with E-state index < -0.39 is 0 Å². The van der Waals surface area contributed by atoms with Crippen molar-refractivity contribution in [3.8, 4) is 11.5 Å². The van der Waals surface area contributed by atoms with Crippen molar-refractivity contribution in [3.63, 3.8) is 0 Å². The summed E-state index contributed by atoms with van der Waals surface area (Å²) in [4.78, 5) is 4.71. The highest BCUT2D eigenvalue weighted by molar-refractivity contribution is 5.42. The quantitative estimate of drug-likeness (QED) is 0.418. The molecule has 0 bridgehead atoms.